The molecule has 25 heavy (non-hydrogen) atoms. The standard InChI is InChI=1S/C18H27N3O3S/c1-14(2)13-20-9-11-21(12-10-20)18(22)15-3-7-17(8-4-15)25(23,24)19-16-5-6-16/h3-4,7-8,14,16,19H,5-6,9-13H2,1-2H3. The lowest BCUT2D eigenvalue weighted by atomic mass is 10.1. The normalized spacial score (nSPS) is 19.4. The highest BCUT2D eigenvalue weighted by molar-refractivity contribution is 7.89. The van der Waals surface area contributed by atoms with Gasteiger partial charge in [-0.25, -0.2) is 13.1 Å². The fourth-order valence-corrected chi connectivity index (χ4v) is 4.40. The Bertz CT molecular complexity index is 704. The number of amides is 1. The third kappa shape index (κ3) is 4.80. The van der Waals surface area contributed by atoms with Crippen molar-refractivity contribution in [2.45, 2.75) is 37.6 Å². The van der Waals surface area contributed by atoms with Crippen LogP contribution >= 0.6 is 0 Å². The summed E-state index contributed by atoms with van der Waals surface area (Å²) in [6.45, 7) is 8.67. The van der Waals surface area contributed by atoms with E-state index in [1.807, 2.05) is 4.90 Å². The number of piperazine rings is 1. The van der Waals surface area contributed by atoms with Gasteiger partial charge in [-0.1, -0.05) is 13.8 Å². The molecule has 1 amide bonds. The van der Waals surface area contributed by atoms with Crippen LogP contribution in [0, 0.1) is 5.92 Å². The van der Waals surface area contributed by atoms with E-state index in [2.05, 4.69) is 23.5 Å². The molecular weight excluding hydrogens is 338 g/mol. The second kappa shape index (κ2) is 7.43. The molecule has 1 heterocycles. The smallest absolute Gasteiger partial charge is 0.253 e. The molecule has 2 aliphatic rings. The Balaban J connectivity index is 1.59. The average molecular weight is 365 g/mol. The minimum atomic E-state index is -3.46. The van der Waals surface area contributed by atoms with Crippen LogP contribution in [-0.4, -0.2) is 62.9 Å². The molecular formula is C18H27N3O3S. The maximum absolute atomic E-state index is 12.6. The van der Waals surface area contributed by atoms with Crippen LogP contribution in [0.3, 0.4) is 0 Å². The van der Waals surface area contributed by atoms with Crippen molar-refractivity contribution < 1.29 is 13.2 Å². The van der Waals surface area contributed by atoms with E-state index in [1.165, 1.54) is 12.1 Å². The fraction of sp³-hybridized carbons (Fsp3) is 0.611. The first-order chi connectivity index (χ1) is 11.8. The summed E-state index contributed by atoms with van der Waals surface area (Å²) in [6.07, 6.45) is 1.80. The molecule has 1 aliphatic heterocycles. The average Bonchev–Trinajstić information content (AvgIpc) is 3.38. The molecule has 1 aliphatic carbocycles. The molecule has 7 heteroatoms. The van der Waals surface area contributed by atoms with Gasteiger partial charge < -0.3 is 4.90 Å². The topological polar surface area (TPSA) is 69.7 Å². The molecule has 2 fully saturated rings. The number of carbonyl (C=O) groups excluding carboxylic acids is 1. The Labute approximate surface area is 150 Å². The van der Waals surface area contributed by atoms with Gasteiger partial charge in [0.15, 0.2) is 0 Å². The van der Waals surface area contributed by atoms with Crippen molar-refractivity contribution in [3.63, 3.8) is 0 Å². The zero-order valence-corrected chi connectivity index (χ0v) is 15.8. The van der Waals surface area contributed by atoms with E-state index < -0.39 is 10.0 Å². The van der Waals surface area contributed by atoms with Gasteiger partial charge in [0, 0.05) is 44.3 Å². The quantitative estimate of drug-likeness (QED) is 0.830. The molecule has 138 valence electrons. The second-order valence-electron chi connectivity index (χ2n) is 7.41. The number of hydrogen-bond donors (Lipinski definition) is 1. The molecule has 6 nitrogen and oxygen atoms in total. The van der Waals surface area contributed by atoms with Gasteiger partial charge >= 0.3 is 0 Å². The third-order valence-corrected chi connectivity index (χ3v) is 6.13. The van der Waals surface area contributed by atoms with Crippen molar-refractivity contribution in [3.05, 3.63) is 29.8 Å². The molecule has 3 rings (SSSR count). The van der Waals surface area contributed by atoms with Gasteiger partial charge in [-0.05, 0) is 43.0 Å². The minimum Gasteiger partial charge on any atom is -0.336 e. The van der Waals surface area contributed by atoms with Crippen LogP contribution in [0.4, 0.5) is 0 Å². The van der Waals surface area contributed by atoms with Gasteiger partial charge in [0.25, 0.3) is 5.91 Å². The van der Waals surface area contributed by atoms with E-state index >= 15 is 0 Å². The Hall–Kier alpha value is -1.44. The fourth-order valence-electron chi connectivity index (χ4n) is 3.10. The summed E-state index contributed by atoms with van der Waals surface area (Å²) in [5, 5.41) is 0. The number of nitrogens with zero attached hydrogens (tertiary/aromatic N) is 2. The Kier molecular flexibility index (Phi) is 5.46. The van der Waals surface area contributed by atoms with Crippen LogP contribution in [-0.2, 0) is 10.0 Å². The molecule has 1 saturated carbocycles. The lowest BCUT2D eigenvalue weighted by Gasteiger charge is -2.35. The summed E-state index contributed by atoms with van der Waals surface area (Å²) in [5.41, 5.74) is 0.544. The summed E-state index contributed by atoms with van der Waals surface area (Å²) >= 11 is 0. The highest BCUT2D eigenvalue weighted by Gasteiger charge is 2.28. The first-order valence-electron chi connectivity index (χ1n) is 8.99. The molecule has 0 spiro atoms. The van der Waals surface area contributed by atoms with Crippen LogP contribution in [0.15, 0.2) is 29.2 Å². The molecule has 0 aromatic heterocycles. The molecule has 0 unspecified atom stereocenters. The number of rotatable bonds is 6. The third-order valence-electron chi connectivity index (χ3n) is 4.59. The monoisotopic (exact) mass is 365 g/mol. The summed E-state index contributed by atoms with van der Waals surface area (Å²) in [7, 11) is -3.46. The van der Waals surface area contributed by atoms with Crippen molar-refractivity contribution in [2.75, 3.05) is 32.7 Å². The maximum Gasteiger partial charge on any atom is 0.253 e. The zero-order valence-electron chi connectivity index (χ0n) is 14.9. The summed E-state index contributed by atoms with van der Waals surface area (Å²) in [6, 6.07) is 6.35. The number of sulfonamides is 1. The van der Waals surface area contributed by atoms with Crippen molar-refractivity contribution >= 4 is 15.9 Å². The van der Waals surface area contributed by atoms with Gasteiger partial charge in [-0.15, -0.1) is 0 Å². The predicted octanol–water partition coefficient (Wildman–Crippen LogP) is 1.54. The molecule has 0 atom stereocenters. The van der Waals surface area contributed by atoms with E-state index in [-0.39, 0.29) is 16.8 Å². The molecule has 1 saturated heterocycles. The summed E-state index contributed by atoms with van der Waals surface area (Å²) in [4.78, 5) is 17.1. The van der Waals surface area contributed by atoms with Crippen LogP contribution in [0.5, 0.6) is 0 Å². The van der Waals surface area contributed by atoms with Gasteiger partial charge in [-0.2, -0.15) is 0 Å². The largest absolute Gasteiger partial charge is 0.336 e. The lowest BCUT2D eigenvalue weighted by Crippen LogP contribution is -2.49. The van der Waals surface area contributed by atoms with E-state index in [9.17, 15) is 13.2 Å². The SMILES string of the molecule is CC(C)CN1CCN(C(=O)c2ccc(S(=O)(=O)NC3CC3)cc2)CC1. The zero-order chi connectivity index (χ0) is 18.0. The summed E-state index contributed by atoms with van der Waals surface area (Å²) in [5.74, 6) is 0.601. The minimum absolute atomic E-state index is 0.0247. The first-order valence-corrected chi connectivity index (χ1v) is 10.5. The van der Waals surface area contributed by atoms with Crippen LogP contribution in [0.1, 0.15) is 37.0 Å². The van der Waals surface area contributed by atoms with E-state index in [0.717, 1.165) is 45.6 Å². The molecule has 1 aromatic carbocycles. The van der Waals surface area contributed by atoms with Crippen molar-refractivity contribution in [1.29, 1.82) is 0 Å². The Morgan fingerprint density at radius 1 is 1.12 bits per heavy atom. The van der Waals surface area contributed by atoms with E-state index in [1.54, 1.807) is 12.1 Å². The van der Waals surface area contributed by atoms with Gasteiger partial charge in [0.2, 0.25) is 10.0 Å². The number of carbonyl (C=O) groups is 1. The van der Waals surface area contributed by atoms with E-state index in [4.69, 9.17) is 0 Å². The van der Waals surface area contributed by atoms with Crippen molar-refractivity contribution in [1.82, 2.24) is 14.5 Å². The maximum atomic E-state index is 12.6. The van der Waals surface area contributed by atoms with E-state index in [0.29, 0.717) is 11.5 Å². The van der Waals surface area contributed by atoms with Gasteiger partial charge in [0.05, 0.1) is 4.90 Å². The second-order valence-corrected chi connectivity index (χ2v) is 9.12. The number of benzene rings is 1. The Morgan fingerprint density at radius 3 is 2.24 bits per heavy atom. The van der Waals surface area contributed by atoms with Gasteiger partial charge in [0.1, 0.15) is 0 Å². The summed E-state index contributed by atoms with van der Waals surface area (Å²) < 4.78 is 27.0. The first kappa shape index (κ1) is 18.4. The molecule has 0 bridgehead atoms. The molecule has 1 aromatic rings. The highest BCUT2D eigenvalue weighted by Crippen LogP contribution is 2.22. The van der Waals surface area contributed by atoms with Crippen LogP contribution in [0.25, 0.3) is 0 Å². The van der Waals surface area contributed by atoms with Crippen molar-refractivity contribution in [3.8, 4) is 0 Å². The highest BCUT2D eigenvalue weighted by atomic mass is 32.2. The van der Waals surface area contributed by atoms with Crippen molar-refractivity contribution in [2.24, 2.45) is 5.92 Å². The van der Waals surface area contributed by atoms with Gasteiger partial charge in [-0.3, -0.25) is 9.69 Å². The molecule has 0 radical (unpaired) electrons. The van der Waals surface area contributed by atoms with Crippen LogP contribution in [0.2, 0.25) is 0 Å². The Morgan fingerprint density at radius 2 is 1.72 bits per heavy atom. The lowest BCUT2D eigenvalue weighted by molar-refractivity contribution is 0.0623. The molecule has 1 N–H and O–H groups in total. The number of hydrogen-bond acceptors (Lipinski definition) is 4. The number of nitrogens with one attached hydrogen (secondary N) is 1. The van der Waals surface area contributed by atoms with Crippen LogP contribution < -0.4 is 4.72 Å². The predicted molar refractivity (Wildman–Crippen MR) is 97.0 cm³/mol.